The van der Waals surface area contributed by atoms with E-state index in [1.54, 1.807) is 11.8 Å². The van der Waals surface area contributed by atoms with Gasteiger partial charge in [-0.1, -0.05) is 91.1 Å². The fourth-order valence-electron chi connectivity index (χ4n) is 7.55. The van der Waals surface area contributed by atoms with E-state index in [1.165, 1.54) is 33.2 Å². The van der Waals surface area contributed by atoms with E-state index < -0.39 is 20.0 Å². The topological polar surface area (TPSA) is 98.1 Å². The molecule has 312 valence electrons. The number of nitrogens with zero attached hydrogens (tertiary/aromatic N) is 3. The molecule has 0 spiro atoms. The molecule has 2 fully saturated rings. The number of pyridine rings is 1. The van der Waals surface area contributed by atoms with Gasteiger partial charge in [-0.3, -0.25) is 4.79 Å². The molecular formula is C49H73N5O2S. The van der Waals surface area contributed by atoms with Gasteiger partial charge in [-0.05, 0) is 137 Å². The molecule has 4 atom stereocenters. The average molecular weight is 796 g/mol. The standard InChI is InChI=1S/C47H67N5O2S.C2H6/c1-13-39-23-24-43-41(29-44(49-45(43)35(39)7)34(6)28-40(14-2)32(3)4)21-19-20-33(5)36(8)50-47(37(9)51-55(12,54)46(31-48)25-26-46)30-42(47)22-17-15-16-18-27-52(11)38(10)53;1-2/h14,17,22-24,28-29,32-33,42,50H,8-9,12-13,15-16,18-21,25-27,30H2,1-7,10-11H3,(H,51,54);1-2H3/b22-17-,34-28+,40-14+;. The minimum Gasteiger partial charge on any atom is -0.377 e. The Kier molecular flexibility index (Phi) is 17.0. The Morgan fingerprint density at radius 3 is 2.40 bits per heavy atom. The van der Waals surface area contributed by atoms with Crippen LogP contribution < -0.4 is 10.0 Å². The van der Waals surface area contributed by atoms with Crippen LogP contribution in [0.1, 0.15) is 136 Å². The lowest BCUT2D eigenvalue weighted by atomic mass is 9.93. The highest BCUT2D eigenvalue weighted by atomic mass is 32.2. The molecule has 4 rings (SSSR count). The summed E-state index contributed by atoms with van der Waals surface area (Å²) in [6, 6.07) is 9.07. The second kappa shape index (κ2) is 20.6. The molecule has 1 amide bonds. The lowest BCUT2D eigenvalue weighted by Gasteiger charge is -2.29. The maximum atomic E-state index is 13.7. The summed E-state index contributed by atoms with van der Waals surface area (Å²) in [6.45, 7) is 30.6. The summed E-state index contributed by atoms with van der Waals surface area (Å²) >= 11 is 0. The Bertz CT molecular complexity index is 2010. The Balaban J connectivity index is 0.00000428. The van der Waals surface area contributed by atoms with Crippen LogP contribution in [0.25, 0.3) is 16.5 Å². The molecule has 2 N–H and O–H groups in total. The molecule has 2 aliphatic carbocycles. The van der Waals surface area contributed by atoms with E-state index in [0.717, 1.165) is 74.8 Å². The highest BCUT2D eigenvalue weighted by Gasteiger charge is 2.58. The van der Waals surface area contributed by atoms with Crippen LogP contribution in [0, 0.1) is 36.0 Å². The van der Waals surface area contributed by atoms with E-state index in [0.29, 0.717) is 24.5 Å². The van der Waals surface area contributed by atoms with Crippen molar-refractivity contribution in [1.82, 2.24) is 19.9 Å². The van der Waals surface area contributed by atoms with Gasteiger partial charge < -0.3 is 14.9 Å². The third-order valence-corrected chi connectivity index (χ3v) is 14.4. The first kappa shape index (κ1) is 47.3. The third kappa shape index (κ3) is 11.5. The number of benzene rings is 1. The second-order valence-corrected chi connectivity index (χ2v) is 18.8. The molecule has 0 radical (unpaired) electrons. The van der Waals surface area contributed by atoms with Gasteiger partial charge in [0.05, 0.1) is 32.5 Å². The van der Waals surface area contributed by atoms with Crippen LogP contribution in [0.3, 0.4) is 0 Å². The summed E-state index contributed by atoms with van der Waals surface area (Å²) in [4.78, 5) is 18.5. The molecule has 2 aromatic rings. The molecule has 7 nitrogen and oxygen atoms in total. The van der Waals surface area contributed by atoms with Crippen LogP contribution >= 0.6 is 0 Å². The minimum atomic E-state index is -2.91. The first-order valence-corrected chi connectivity index (χ1v) is 23.1. The van der Waals surface area contributed by atoms with Crippen molar-refractivity contribution in [3.8, 4) is 6.07 Å². The zero-order valence-electron chi connectivity index (χ0n) is 37.2. The molecule has 0 saturated heterocycles. The summed E-state index contributed by atoms with van der Waals surface area (Å²) in [7, 11) is -1.08. The van der Waals surface area contributed by atoms with Crippen molar-refractivity contribution in [2.45, 2.75) is 144 Å². The normalized spacial score (nSPS) is 20.2. The Labute approximate surface area is 347 Å². The number of carbonyl (C=O) groups is 1. The Hall–Kier alpha value is -4.09. The maximum Gasteiger partial charge on any atom is 0.219 e. The van der Waals surface area contributed by atoms with E-state index in [-0.39, 0.29) is 17.7 Å². The van der Waals surface area contributed by atoms with E-state index in [9.17, 15) is 14.3 Å². The number of aryl methyl sites for hydroxylation is 3. The number of carbonyl (C=O) groups excluding carboxylic acids is 1. The van der Waals surface area contributed by atoms with Crippen LogP contribution in [0.5, 0.6) is 0 Å². The number of hydrogen-bond acceptors (Lipinski definition) is 5. The predicted molar refractivity (Wildman–Crippen MR) is 246 cm³/mol. The summed E-state index contributed by atoms with van der Waals surface area (Å²) < 4.78 is 16.0. The first-order chi connectivity index (χ1) is 27.0. The molecule has 0 bridgehead atoms. The van der Waals surface area contributed by atoms with Gasteiger partial charge in [0.2, 0.25) is 5.91 Å². The van der Waals surface area contributed by atoms with Gasteiger partial charge in [-0.2, -0.15) is 5.26 Å². The summed E-state index contributed by atoms with van der Waals surface area (Å²) in [5, 5.41) is 14.8. The van der Waals surface area contributed by atoms with Crippen molar-refractivity contribution in [3.63, 3.8) is 0 Å². The molecule has 8 heteroatoms. The van der Waals surface area contributed by atoms with Gasteiger partial charge in [0.1, 0.15) is 4.75 Å². The largest absolute Gasteiger partial charge is 0.377 e. The molecule has 1 aromatic heterocycles. The quantitative estimate of drug-likeness (QED) is 0.0567. The van der Waals surface area contributed by atoms with E-state index in [1.807, 2.05) is 20.9 Å². The Morgan fingerprint density at radius 2 is 1.82 bits per heavy atom. The fourth-order valence-corrected chi connectivity index (χ4v) is 9.24. The van der Waals surface area contributed by atoms with Crippen LogP contribution in [-0.4, -0.2) is 49.7 Å². The summed E-state index contributed by atoms with van der Waals surface area (Å²) in [5.41, 5.74) is 9.53. The predicted octanol–water partition coefficient (Wildman–Crippen LogP) is 11.0. The average Bonchev–Trinajstić information content (AvgIpc) is 4.12. The van der Waals surface area contributed by atoms with Crippen molar-refractivity contribution < 1.29 is 9.00 Å². The molecular weight excluding hydrogens is 723 g/mol. The molecule has 57 heavy (non-hydrogen) atoms. The van der Waals surface area contributed by atoms with E-state index in [4.69, 9.17) is 4.98 Å². The van der Waals surface area contributed by atoms with Gasteiger partial charge >= 0.3 is 0 Å². The van der Waals surface area contributed by atoms with Gasteiger partial charge in [0.15, 0.2) is 0 Å². The molecule has 1 aromatic carbocycles. The highest BCUT2D eigenvalue weighted by molar-refractivity contribution is 8.00. The fraction of sp³-hybridized carbons (Fsp3) is 0.551. The minimum absolute atomic E-state index is 0.0835. The zero-order chi connectivity index (χ0) is 42.7. The number of nitriles is 1. The number of amides is 1. The van der Waals surface area contributed by atoms with Crippen molar-refractivity contribution in [1.29, 1.82) is 5.26 Å². The lowest BCUT2D eigenvalue weighted by molar-refractivity contribution is -0.127. The number of allylic oxidation sites excluding steroid dienone is 6. The van der Waals surface area contributed by atoms with Gasteiger partial charge in [-0.15, -0.1) is 0 Å². The molecule has 2 saturated carbocycles. The second-order valence-electron chi connectivity index (χ2n) is 16.5. The SMILES string of the molecule is C=C(NC1(C(=C)NS(=C)(=O)C2(C#N)CC2)CC1/C=C\CCCCN(C)C(C)=O)C(C)CCCc1cc(/C(C)=C/C(=C\C)C(C)C)nc2c(C)c(CC)ccc12.CC. The van der Waals surface area contributed by atoms with Crippen LogP contribution in [0.15, 0.2) is 72.6 Å². The monoisotopic (exact) mass is 796 g/mol. The van der Waals surface area contributed by atoms with Gasteiger partial charge in [0.25, 0.3) is 0 Å². The number of aromatic nitrogens is 1. The van der Waals surface area contributed by atoms with Gasteiger partial charge in [0, 0.05) is 43.2 Å². The highest BCUT2D eigenvalue weighted by Crippen LogP contribution is 2.51. The smallest absolute Gasteiger partial charge is 0.219 e. The lowest BCUT2D eigenvalue weighted by Crippen LogP contribution is -2.45. The third-order valence-electron chi connectivity index (χ3n) is 12.1. The number of unbranched alkanes of at least 4 members (excludes halogenated alkanes) is 2. The molecule has 2 aliphatic rings. The van der Waals surface area contributed by atoms with Crippen molar-refractivity contribution in [3.05, 3.63) is 95.0 Å². The summed E-state index contributed by atoms with van der Waals surface area (Å²) in [6.07, 6.45) is 17.5. The maximum absolute atomic E-state index is 13.7. The Morgan fingerprint density at radius 1 is 1.14 bits per heavy atom. The van der Waals surface area contributed by atoms with Crippen molar-refractivity contribution >= 4 is 38.0 Å². The number of fused-ring (bicyclic) bond motifs is 1. The van der Waals surface area contributed by atoms with Crippen LogP contribution in [0.4, 0.5) is 0 Å². The van der Waals surface area contributed by atoms with E-state index >= 15 is 0 Å². The number of rotatable bonds is 21. The van der Waals surface area contributed by atoms with Crippen molar-refractivity contribution in [2.75, 3.05) is 13.6 Å². The van der Waals surface area contributed by atoms with Crippen LogP contribution in [0.2, 0.25) is 0 Å². The van der Waals surface area contributed by atoms with Crippen molar-refractivity contribution in [2.24, 2.45) is 17.8 Å². The molecule has 4 unspecified atom stereocenters. The molecule has 0 aliphatic heterocycles. The number of hydrogen-bond donors (Lipinski definition) is 2. The zero-order valence-corrected chi connectivity index (χ0v) is 38.1. The first-order valence-electron chi connectivity index (χ1n) is 21.3. The van der Waals surface area contributed by atoms with Crippen LogP contribution in [-0.2, 0) is 27.3 Å². The summed E-state index contributed by atoms with van der Waals surface area (Å²) in [5.74, 6) is 4.83. The number of nitrogens with one attached hydrogen (secondary N) is 2. The molecule has 1 heterocycles. The van der Waals surface area contributed by atoms with Gasteiger partial charge in [-0.25, -0.2) is 9.19 Å². The van der Waals surface area contributed by atoms with E-state index in [2.05, 4.69) is 126 Å².